The van der Waals surface area contributed by atoms with Gasteiger partial charge >= 0.3 is 17.8 Å². The normalized spacial score (nSPS) is 19.6. The maximum atomic E-state index is 12.3. The number of hydrogen-bond acceptors (Lipinski definition) is 5. The molecule has 6 amide bonds. The lowest BCUT2D eigenvalue weighted by Crippen LogP contribution is -2.40. The van der Waals surface area contributed by atoms with Crippen molar-refractivity contribution in [2.75, 3.05) is 11.9 Å². The van der Waals surface area contributed by atoms with E-state index in [1.165, 1.54) is 0 Å². The van der Waals surface area contributed by atoms with Crippen molar-refractivity contribution in [1.82, 2.24) is 20.9 Å². The number of amides is 6. The van der Waals surface area contributed by atoms with Crippen LogP contribution in [0.25, 0.3) is 0 Å². The molecule has 1 atom stereocenters. The van der Waals surface area contributed by atoms with E-state index in [4.69, 9.17) is 0 Å². The molecule has 176 valence electrons. The third-order valence-electron chi connectivity index (χ3n) is 5.96. The summed E-state index contributed by atoms with van der Waals surface area (Å²) >= 11 is 0. The minimum atomic E-state index is -1.21. The molecule has 0 aromatic heterocycles. The van der Waals surface area contributed by atoms with Gasteiger partial charge in [0.1, 0.15) is 5.54 Å². The summed E-state index contributed by atoms with van der Waals surface area (Å²) in [6.45, 7) is 2.93. The number of nitrogens with zero attached hydrogens (tertiary/aromatic N) is 1. The molecule has 0 aliphatic carbocycles. The molecular formula is C24H25N5O5. The van der Waals surface area contributed by atoms with Gasteiger partial charge < -0.3 is 20.9 Å². The second kappa shape index (κ2) is 9.34. The van der Waals surface area contributed by atoms with E-state index in [0.29, 0.717) is 29.8 Å². The average Bonchev–Trinajstić information content (AvgIpc) is 3.34. The van der Waals surface area contributed by atoms with E-state index < -0.39 is 29.3 Å². The first-order valence-corrected chi connectivity index (χ1v) is 10.9. The summed E-state index contributed by atoms with van der Waals surface area (Å²) in [4.78, 5) is 61.7. The maximum absolute atomic E-state index is 12.3. The van der Waals surface area contributed by atoms with Crippen LogP contribution < -0.4 is 21.3 Å². The number of likely N-dealkylation sites (tertiary alicyclic amines) is 1. The Labute approximate surface area is 196 Å². The van der Waals surface area contributed by atoms with Gasteiger partial charge in [-0.1, -0.05) is 36.4 Å². The fourth-order valence-corrected chi connectivity index (χ4v) is 3.97. The molecular weight excluding hydrogens is 438 g/mol. The van der Waals surface area contributed by atoms with Crippen molar-refractivity contribution in [2.45, 2.75) is 38.4 Å². The highest BCUT2D eigenvalue weighted by atomic mass is 16.2. The Kier molecular flexibility index (Phi) is 6.31. The quantitative estimate of drug-likeness (QED) is 0.376. The number of nitrogens with one attached hydrogen (secondary N) is 4. The molecule has 10 heteroatoms. The van der Waals surface area contributed by atoms with Gasteiger partial charge in [0, 0.05) is 31.7 Å². The molecule has 2 saturated heterocycles. The first-order valence-electron chi connectivity index (χ1n) is 10.9. The lowest BCUT2D eigenvalue weighted by Gasteiger charge is -2.21. The highest BCUT2D eigenvalue weighted by Gasteiger charge is 2.43. The van der Waals surface area contributed by atoms with Crippen LogP contribution in [-0.2, 0) is 37.8 Å². The van der Waals surface area contributed by atoms with Gasteiger partial charge in [-0.2, -0.15) is 0 Å². The summed E-state index contributed by atoms with van der Waals surface area (Å²) in [6.07, 6.45) is 1.45. The number of hydrogen-bond donors (Lipinski definition) is 4. The standard InChI is InChI=1S/C24H25N5O5/c1-24(22(33)27-23(34)28-24)17-5-2-4-16(12-17)13-25-20(31)21(32)26-18-9-7-15(8-10-18)14-29-11-3-6-19(29)30/h2,4-5,7-10,12H,3,6,11,13-14H2,1H3,(H,25,31)(H,26,32)(H2,27,28,33,34). The number of carbonyl (C=O) groups excluding carboxylic acids is 5. The van der Waals surface area contributed by atoms with E-state index in [2.05, 4.69) is 21.3 Å². The van der Waals surface area contributed by atoms with Gasteiger partial charge in [-0.15, -0.1) is 0 Å². The van der Waals surface area contributed by atoms with Crippen LogP contribution in [0.5, 0.6) is 0 Å². The van der Waals surface area contributed by atoms with Gasteiger partial charge in [-0.3, -0.25) is 24.5 Å². The Morgan fingerprint density at radius 1 is 1.03 bits per heavy atom. The fourth-order valence-electron chi connectivity index (χ4n) is 3.97. The van der Waals surface area contributed by atoms with Gasteiger partial charge in [-0.25, -0.2) is 4.79 Å². The van der Waals surface area contributed by atoms with Gasteiger partial charge in [0.05, 0.1) is 0 Å². The molecule has 2 fully saturated rings. The van der Waals surface area contributed by atoms with E-state index in [9.17, 15) is 24.0 Å². The topological polar surface area (TPSA) is 137 Å². The van der Waals surface area contributed by atoms with Crippen molar-refractivity contribution in [3.63, 3.8) is 0 Å². The molecule has 4 rings (SSSR count). The highest BCUT2D eigenvalue weighted by Crippen LogP contribution is 2.25. The fraction of sp³-hybridized carbons (Fsp3) is 0.292. The van der Waals surface area contributed by atoms with E-state index in [0.717, 1.165) is 18.5 Å². The van der Waals surface area contributed by atoms with Gasteiger partial charge in [0.2, 0.25) is 5.91 Å². The molecule has 2 aromatic carbocycles. The molecule has 0 saturated carbocycles. The van der Waals surface area contributed by atoms with Crippen molar-refractivity contribution in [2.24, 2.45) is 0 Å². The second-order valence-corrected chi connectivity index (χ2v) is 8.49. The third kappa shape index (κ3) is 4.90. The molecule has 4 N–H and O–H groups in total. The van der Waals surface area contributed by atoms with Crippen LogP contribution in [-0.4, -0.2) is 41.1 Å². The largest absolute Gasteiger partial charge is 0.344 e. The van der Waals surface area contributed by atoms with Gasteiger partial charge in [0.15, 0.2) is 0 Å². The zero-order valence-electron chi connectivity index (χ0n) is 18.6. The summed E-state index contributed by atoms with van der Waals surface area (Å²) in [5, 5.41) is 9.90. The van der Waals surface area contributed by atoms with Crippen LogP contribution in [0.15, 0.2) is 48.5 Å². The highest BCUT2D eigenvalue weighted by molar-refractivity contribution is 6.39. The van der Waals surface area contributed by atoms with Crippen LogP contribution >= 0.6 is 0 Å². The summed E-state index contributed by atoms with van der Waals surface area (Å²) in [5.74, 6) is -1.94. The lowest BCUT2D eigenvalue weighted by molar-refractivity contribution is -0.136. The zero-order chi connectivity index (χ0) is 24.3. The number of carbonyl (C=O) groups is 5. The molecule has 10 nitrogen and oxygen atoms in total. The van der Waals surface area contributed by atoms with E-state index in [1.54, 1.807) is 48.2 Å². The molecule has 2 aliphatic heterocycles. The first-order chi connectivity index (χ1) is 16.2. The van der Waals surface area contributed by atoms with Crippen molar-refractivity contribution in [1.29, 1.82) is 0 Å². The predicted octanol–water partition coefficient (Wildman–Crippen LogP) is 1.12. The number of anilines is 1. The van der Waals surface area contributed by atoms with Crippen LogP contribution in [0.1, 0.15) is 36.5 Å². The zero-order valence-corrected chi connectivity index (χ0v) is 18.6. The predicted molar refractivity (Wildman–Crippen MR) is 122 cm³/mol. The molecule has 2 aliphatic rings. The Bertz CT molecular complexity index is 1160. The number of urea groups is 1. The van der Waals surface area contributed by atoms with E-state index in [1.807, 2.05) is 12.1 Å². The molecule has 2 heterocycles. The number of rotatable bonds is 6. The smallest absolute Gasteiger partial charge is 0.322 e. The molecule has 0 spiro atoms. The number of imide groups is 1. The number of benzene rings is 2. The van der Waals surface area contributed by atoms with Crippen LogP contribution in [0, 0.1) is 0 Å². The third-order valence-corrected chi connectivity index (χ3v) is 5.96. The summed E-state index contributed by atoms with van der Waals surface area (Å²) in [6, 6.07) is 13.3. The van der Waals surface area contributed by atoms with Crippen LogP contribution in [0.2, 0.25) is 0 Å². The molecule has 1 unspecified atom stereocenters. The Morgan fingerprint density at radius 3 is 2.44 bits per heavy atom. The SMILES string of the molecule is CC1(c2cccc(CNC(=O)C(=O)Nc3ccc(CN4CCCC4=O)cc3)c2)NC(=O)NC1=O. The Hall–Kier alpha value is -4.21. The summed E-state index contributed by atoms with van der Waals surface area (Å²) < 4.78 is 0. The first kappa shape index (κ1) is 23.0. The van der Waals surface area contributed by atoms with Crippen molar-refractivity contribution in [3.8, 4) is 0 Å². The molecule has 0 radical (unpaired) electrons. The van der Waals surface area contributed by atoms with Crippen LogP contribution in [0.3, 0.4) is 0 Å². The lowest BCUT2D eigenvalue weighted by atomic mass is 9.91. The molecule has 0 bridgehead atoms. The maximum Gasteiger partial charge on any atom is 0.322 e. The van der Waals surface area contributed by atoms with Gasteiger partial charge in [-0.05, 0) is 42.2 Å². The Morgan fingerprint density at radius 2 is 1.79 bits per heavy atom. The van der Waals surface area contributed by atoms with Gasteiger partial charge in [0.25, 0.3) is 5.91 Å². The van der Waals surface area contributed by atoms with Crippen molar-refractivity contribution < 1.29 is 24.0 Å². The van der Waals surface area contributed by atoms with Crippen molar-refractivity contribution in [3.05, 3.63) is 65.2 Å². The monoisotopic (exact) mass is 463 g/mol. The van der Waals surface area contributed by atoms with Crippen LogP contribution in [0.4, 0.5) is 10.5 Å². The summed E-state index contributed by atoms with van der Waals surface area (Å²) in [7, 11) is 0. The minimum Gasteiger partial charge on any atom is -0.344 e. The van der Waals surface area contributed by atoms with E-state index in [-0.39, 0.29) is 12.5 Å². The summed E-state index contributed by atoms with van der Waals surface area (Å²) in [5.41, 5.74) is 1.42. The van der Waals surface area contributed by atoms with Crippen molar-refractivity contribution >= 4 is 35.3 Å². The average molecular weight is 463 g/mol. The van der Waals surface area contributed by atoms with E-state index >= 15 is 0 Å². The minimum absolute atomic E-state index is 0.0640. The Balaban J connectivity index is 1.30. The molecule has 2 aromatic rings. The second-order valence-electron chi connectivity index (χ2n) is 8.49. The molecule has 34 heavy (non-hydrogen) atoms.